The molecule has 1 unspecified atom stereocenters. The fraction of sp³-hybridized carbons (Fsp3) is 0.500. The van der Waals surface area contributed by atoms with E-state index >= 15 is 0 Å². The van der Waals surface area contributed by atoms with Gasteiger partial charge in [-0.15, -0.1) is 0 Å². The first-order valence-electron chi connectivity index (χ1n) is 10.4. The summed E-state index contributed by atoms with van der Waals surface area (Å²) >= 11 is 0. The summed E-state index contributed by atoms with van der Waals surface area (Å²) in [5.41, 5.74) is 2.30. The third-order valence-electron chi connectivity index (χ3n) is 5.59. The van der Waals surface area contributed by atoms with Gasteiger partial charge in [-0.25, -0.2) is 0 Å². The van der Waals surface area contributed by atoms with Gasteiger partial charge in [0, 0.05) is 54.9 Å². The van der Waals surface area contributed by atoms with E-state index in [1.165, 1.54) is 0 Å². The lowest BCUT2D eigenvalue weighted by atomic mass is 10.1. The van der Waals surface area contributed by atoms with Crippen molar-refractivity contribution in [3.05, 3.63) is 36.0 Å². The number of carbonyl (C=O) groups is 1. The van der Waals surface area contributed by atoms with E-state index in [9.17, 15) is 4.79 Å². The molecule has 1 saturated heterocycles. The van der Waals surface area contributed by atoms with Crippen LogP contribution in [0.25, 0.3) is 10.9 Å². The molecule has 1 aromatic carbocycles. The Bertz CT molecular complexity index is 919. The number of hydrogen-bond acceptors (Lipinski definition) is 4. The minimum atomic E-state index is -0.500. The average molecular weight is 412 g/mol. The van der Waals surface area contributed by atoms with Crippen molar-refractivity contribution >= 4 is 28.6 Å². The molecular formula is C22H33N7O. The van der Waals surface area contributed by atoms with Crippen LogP contribution in [0, 0.1) is 10.8 Å². The number of guanidine groups is 1. The van der Waals surface area contributed by atoms with Crippen molar-refractivity contribution < 1.29 is 4.79 Å². The van der Waals surface area contributed by atoms with Crippen LogP contribution in [-0.4, -0.2) is 70.2 Å². The Morgan fingerprint density at radius 1 is 1.17 bits per heavy atom. The van der Waals surface area contributed by atoms with Crippen molar-refractivity contribution in [2.75, 3.05) is 26.2 Å². The molecule has 0 saturated carbocycles. The van der Waals surface area contributed by atoms with Gasteiger partial charge >= 0.3 is 0 Å². The molecule has 30 heavy (non-hydrogen) atoms. The van der Waals surface area contributed by atoms with E-state index in [-0.39, 0.29) is 23.4 Å². The minimum absolute atomic E-state index is 0.105. The first-order valence-corrected chi connectivity index (χ1v) is 10.4. The number of amidine groups is 1. The third kappa shape index (κ3) is 5.18. The molecular weight excluding hydrogens is 378 g/mol. The number of para-hydroxylation sites is 1. The van der Waals surface area contributed by atoms with E-state index in [1.807, 2.05) is 36.2 Å². The number of rotatable bonds is 3. The van der Waals surface area contributed by atoms with Crippen LogP contribution in [0.3, 0.4) is 0 Å². The lowest BCUT2D eigenvalue weighted by Crippen LogP contribution is -2.58. The van der Waals surface area contributed by atoms with E-state index in [4.69, 9.17) is 10.8 Å². The fourth-order valence-electron chi connectivity index (χ4n) is 3.83. The van der Waals surface area contributed by atoms with Gasteiger partial charge in [0.1, 0.15) is 0 Å². The highest BCUT2D eigenvalue weighted by Gasteiger charge is 2.27. The Morgan fingerprint density at radius 2 is 1.83 bits per heavy atom. The fourth-order valence-corrected chi connectivity index (χ4v) is 3.83. The van der Waals surface area contributed by atoms with Gasteiger partial charge in [-0.3, -0.25) is 20.5 Å². The third-order valence-corrected chi connectivity index (χ3v) is 5.59. The maximum absolute atomic E-state index is 12.4. The Balaban J connectivity index is 1.47. The van der Waals surface area contributed by atoms with Gasteiger partial charge in [0.05, 0.1) is 0 Å². The summed E-state index contributed by atoms with van der Waals surface area (Å²) in [4.78, 5) is 19.9. The van der Waals surface area contributed by atoms with Gasteiger partial charge in [0.2, 0.25) is 0 Å². The van der Waals surface area contributed by atoms with Crippen molar-refractivity contribution in [2.45, 2.75) is 45.7 Å². The number of benzene rings is 1. The highest BCUT2D eigenvalue weighted by atomic mass is 16.2. The molecule has 1 aliphatic rings. The summed E-state index contributed by atoms with van der Waals surface area (Å²) in [5, 5.41) is 22.9. The highest BCUT2D eigenvalue weighted by Crippen LogP contribution is 2.19. The molecule has 8 nitrogen and oxygen atoms in total. The van der Waals surface area contributed by atoms with Crippen LogP contribution >= 0.6 is 0 Å². The van der Waals surface area contributed by atoms with Crippen molar-refractivity contribution in [1.29, 1.82) is 10.8 Å². The monoisotopic (exact) mass is 411 g/mol. The second kappa shape index (κ2) is 8.87. The van der Waals surface area contributed by atoms with Gasteiger partial charge in [-0.1, -0.05) is 18.2 Å². The molecule has 0 bridgehead atoms. The number of H-pyrrole nitrogens is 1. The molecule has 0 radical (unpaired) electrons. The van der Waals surface area contributed by atoms with E-state index in [2.05, 4.69) is 47.4 Å². The second-order valence-electron chi connectivity index (χ2n) is 8.93. The molecule has 8 heteroatoms. The maximum Gasteiger partial charge on any atom is 0.286 e. The van der Waals surface area contributed by atoms with Crippen molar-refractivity contribution in [3.8, 4) is 0 Å². The summed E-state index contributed by atoms with van der Waals surface area (Å²) in [6.07, 6.45) is 2.62. The number of aromatic nitrogens is 1. The molecule has 162 valence electrons. The van der Waals surface area contributed by atoms with Crippen LogP contribution in [0.15, 0.2) is 30.5 Å². The zero-order chi connectivity index (χ0) is 21.9. The predicted molar refractivity (Wildman–Crippen MR) is 121 cm³/mol. The Morgan fingerprint density at radius 3 is 2.50 bits per heavy atom. The molecule has 3 rings (SSSR count). The summed E-state index contributed by atoms with van der Waals surface area (Å²) in [6.45, 7) is 11.6. The van der Waals surface area contributed by atoms with Crippen molar-refractivity contribution in [3.63, 3.8) is 0 Å². The molecule has 0 aliphatic carbocycles. The maximum atomic E-state index is 12.4. The smallest absolute Gasteiger partial charge is 0.286 e. The molecule has 1 fully saturated rings. The topological polar surface area (TPSA) is 111 Å². The summed E-state index contributed by atoms with van der Waals surface area (Å²) < 4.78 is 0. The quantitative estimate of drug-likeness (QED) is 0.393. The number of amides is 1. The van der Waals surface area contributed by atoms with E-state index in [0.717, 1.165) is 29.6 Å². The normalized spacial score (nSPS) is 16.3. The zero-order valence-electron chi connectivity index (χ0n) is 18.3. The molecule has 1 atom stereocenters. The molecule has 5 N–H and O–H groups in total. The van der Waals surface area contributed by atoms with Crippen LogP contribution < -0.4 is 10.6 Å². The van der Waals surface area contributed by atoms with Crippen LogP contribution in [0.4, 0.5) is 0 Å². The first-order chi connectivity index (χ1) is 14.1. The number of piperazine rings is 1. The minimum Gasteiger partial charge on any atom is -0.361 e. The Kier molecular flexibility index (Phi) is 6.45. The van der Waals surface area contributed by atoms with E-state index in [1.54, 1.807) is 0 Å². The molecule has 2 heterocycles. The highest BCUT2D eigenvalue weighted by molar-refractivity contribution is 6.39. The second-order valence-corrected chi connectivity index (χ2v) is 8.93. The molecule has 0 spiro atoms. The van der Waals surface area contributed by atoms with Gasteiger partial charge in [-0.2, -0.15) is 0 Å². The first kappa shape index (κ1) is 21.8. The average Bonchev–Trinajstić information content (AvgIpc) is 3.10. The standard InChI is InChI=1S/C22H33N7O/c1-15(13-16-14-25-18-8-6-5-7-17(16)18)26-20(30)19(23)27-21(24)28-9-11-29(12-10-28)22(2,3)4/h5-8,14-15,25H,9-13H2,1-4H3,(H,26,30)(H3,23,24,27). The van der Waals surface area contributed by atoms with Gasteiger partial charge in [-0.05, 0) is 45.7 Å². The van der Waals surface area contributed by atoms with Gasteiger partial charge in [0.25, 0.3) is 5.91 Å². The molecule has 2 aromatic rings. The van der Waals surface area contributed by atoms with Crippen LogP contribution in [0.2, 0.25) is 0 Å². The number of nitrogens with one attached hydrogen (secondary N) is 5. The number of aromatic amines is 1. The van der Waals surface area contributed by atoms with E-state index in [0.29, 0.717) is 19.5 Å². The van der Waals surface area contributed by atoms with Crippen molar-refractivity contribution in [2.24, 2.45) is 0 Å². The zero-order valence-corrected chi connectivity index (χ0v) is 18.3. The van der Waals surface area contributed by atoms with Crippen LogP contribution in [0.5, 0.6) is 0 Å². The van der Waals surface area contributed by atoms with Gasteiger partial charge in [0.15, 0.2) is 11.8 Å². The molecule has 1 amide bonds. The lowest BCUT2D eigenvalue weighted by Gasteiger charge is -2.42. The lowest BCUT2D eigenvalue weighted by molar-refractivity contribution is -0.115. The van der Waals surface area contributed by atoms with Crippen LogP contribution in [0.1, 0.15) is 33.3 Å². The SMILES string of the molecule is CC(Cc1c[nH]c2ccccc12)NC(=O)C(=N)NC(=N)N1CCN(C(C)(C)C)CC1. The van der Waals surface area contributed by atoms with Crippen molar-refractivity contribution in [1.82, 2.24) is 25.4 Å². The number of carbonyl (C=O) groups excluding carboxylic acids is 1. The largest absolute Gasteiger partial charge is 0.361 e. The number of nitrogens with zero attached hydrogens (tertiary/aromatic N) is 2. The van der Waals surface area contributed by atoms with Crippen LogP contribution in [-0.2, 0) is 11.2 Å². The summed E-state index contributed by atoms with van der Waals surface area (Å²) in [5.74, 6) is -0.697. The number of hydrogen-bond donors (Lipinski definition) is 5. The van der Waals surface area contributed by atoms with E-state index < -0.39 is 5.91 Å². The summed E-state index contributed by atoms with van der Waals surface area (Å²) in [6, 6.07) is 7.92. The predicted octanol–water partition coefficient (Wildman–Crippen LogP) is 2.13. The Labute approximate surface area is 178 Å². The summed E-state index contributed by atoms with van der Waals surface area (Å²) in [7, 11) is 0. The number of fused-ring (bicyclic) bond motifs is 1. The Hall–Kier alpha value is -2.87. The van der Waals surface area contributed by atoms with Gasteiger partial charge < -0.3 is 20.5 Å². The molecule has 1 aromatic heterocycles. The molecule has 1 aliphatic heterocycles.